The summed E-state index contributed by atoms with van der Waals surface area (Å²) in [5, 5.41) is 7.18. The zero-order chi connectivity index (χ0) is 18.7. The average molecular weight is 413 g/mol. The maximum atomic E-state index is 12.3. The van der Waals surface area contributed by atoms with Crippen molar-refractivity contribution in [3.63, 3.8) is 0 Å². The zero-order valence-electron chi connectivity index (χ0n) is 14.1. The number of hydrogen-bond acceptors (Lipinski definition) is 3. The highest BCUT2D eigenvalue weighted by molar-refractivity contribution is 9.10. The van der Waals surface area contributed by atoms with Gasteiger partial charge in [-0.15, -0.1) is 0 Å². The van der Waals surface area contributed by atoms with Crippen LogP contribution in [0.15, 0.2) is 59.2 Å². The van der Waals surface area contributed by atoms with E-state index in [9.17, 15) is 9.59 Å². The zero-order valence-corrected chi connectivity index (χ0v) is 15.7. The van der Waals surface area contributed by atoms with E-state index >= 15 is 0 Å². The van der Waals surface area contributed by atoms with E-state index in [4.69, 9.17) is 5.73 Å². The third-order valence-electron chi connectivity index (χ3n) is 3.82. The van der Waals surface area contributed by atoms with Gasteiger partial charge in [-0.2, -0.15) is 5.10 Å². The Labute approximate surface area is 159 Å². The van der Waals surface area contributed by atoms with Gasteiger partial charge in [0.15, 0.2) is 0 Å². The number of carbonyl (C=O) groups is 2. The van der Waals surface area contributed by atoms with Crippen molar-refractivity contribution in [1.82, 2.24) is 9.78 Å². The fourth-order valence-electron chi connectivity index (χ4n) is 2.56. The molecule has 132 valence electrons. The summed E-state index contributed by atoms with van der Waals surface area (Å²) < 4.78 is 2.39. The van der Waals surface area contributed by atoms with Gasteiger partial charge in [-0.1, -0.05) is 46.3 Å². The number of rotatable bonds is 5. The number of hydrogen-bond donors (Lipinski definition) is 2. The predicted molar refractivity (Wildman–Crippen MR) is 104 cm³/mol. The van der Waals surface area contributed by atoms with Crippen LogP contribution in [0.5, 0.6) is 0 Å². The van der Waals surface area contributed by atoms with Crippen LogP contribution in [0.1, 0.15) is 15.9 Å². The van der Waals surface area contributed by atoms with E-state index < -0.39 is 5.91 Å². The van der Waals surface area contributed by atoms with Crippen LogP contribution in [0.2, 0.25) is 0 Å². The SMILES string of the molecule is Cc1cc(NC(=O)Cn2cc(C(N)=O)c(-c3ccccc3)n2)ccc1Br. The molecule has 0 spiro atoms. The molecule has 2 amide bonds. The highest BCUT2D eigenvalue weighted by Gasteiger charge is 2.16. The molecule has 1 aromatic heterocycles. The monoisotopic (exact) mass is 412 g/mol. The number of benzene rings is 2. The molecule has 0 radical (unpaired) electrons. The van der Waals surface area contributed by atoms with E-state index in [0.717, 1.165) is 15.6 Å². The van der Waals surface area contributed by atoms with Crippen LogP contribution in [0, 0.1) is 6.92 Å². The van der Waals surface area contributed by atoms with Crippen molar-refractivity contribution in [2.45, 2.75) is 13.5 Å². The molecule has 0 fully saturated rings. The van der Waals surface area contributed by atoms with E-state index in [-0.39, 0.29) is 18.0 Å². The van der Waals surface area contributed by atoms with Crippen LogP contribution < -0.4 is 11.1 Å². The first-order chi connectivity index (χ1) is 12.4. The van der Waals surface area contributed by atoms with E-state index in [0.29, 0.717) is 11.4 Å². The maximum absolute atomic E-state index is 12.3. The average Bonchev–Trinajstić information content (AvgIpc) is 3.03. The molecule has 26 heavy (non-hydrogen) atoms. The smallest absolute Gasteiger partial charge is 0.252 e. The van der Waals surface area contributed by atoms with Crippen molar-refractivity contribution < 1.29 is 9.59 Å². The second kappa shape index (κ2) is 7.53. The number of anilines is 1. The summed E-state index contributed by atoms with van der Waals surface area (Å²) in [5.74, 6) is -0.830. The summed E-state index contributed by atoms with van der Waals surface area (Å²) in [5.41, 5.74) is 8.68. The van der Waals surface area contributed by atoms with E-state index in [1.165, 1.54) is 10.9 Å². The normalized spacial score (nSPS) is 10.5. The maximum Gasteiger partial charge on any atom is 0.252 e. The number of halogens is 1. The van der Waals surface area contributed by atoms with Gasteiger partial charge < -0.3 is 11.1 Å². The van der Waals surface area contributed by atoms with E-state index in [1.807, 2.05) is 55.5 Å². The fraction of sp³-hybridized carbons (Fsp3) is 0.105. The fourth-order valence-corrected chi connectivity index (χ4v) is 2.81. The van der Waals surface area contributed by atoms with Crippen LogP contribution in [-0.2, 0) is 11.3 Å². The molecule has 0 bridgehead atoms. The van der Waals surface area contributed by atoms with Crippen molar-refractivity contribution in [2.75, 3.05) is 5.32 Å². The minimum absolute atomic E-state index is 0.0256. The molecule has 0 atom stereocenters. The highest BCUT2D eigenvalue weighted by Crippen LogP contribution is 2.22. The third kappa shape index (κ3) is 4.00. The lowest BCUT2D eigenvalue weighted by Crippen LogP contribution is -2.19. The lowest BCUT2D eigenvalue weighted by Gasteiger charge is -2.07. The molecule has 1 heterocycles. The number of aromatic nitrogens is 2. The summed E-state index contributed by atoms with van der Waals surface area (Å²) in [7, 11) is 0. The Bertz CT molecular complexity index is 967. The second-order valence-electron chi connectivity index (χ2n) is 5.83. The van der Waals surface area contributed by atoms with Crippen molar-refractivity contribution >= 4 is 33.4 Å². The number of nitrogens with two attached hydrogens (primary N) is 1. The summed E-state index contributed by atoms with van der Waals surface area (Å²) in [6.45, 7) is 1.92. The summed E-state index contributed by atoms with van der Waals surface area (Å²) in [4.78, 5) is 24.0. The van der Waals surface area contributed by atoms with Gasteiger partial charge in [-0.05, 0) is 30.7 Å². The van der Waals surface area contributed by atoms with Gasteiger partial charge in [-0.3, -0.25) is 14.3 Å². The Balaban J connectivity index is 1.80. The second-order valence-corrected chi connectivity index (χ2v) is 6.69. The number of amides is 2. The number of aryl methyl sites for hydroxylation is 1. The van der Waals surface area contributed by atoms with Gasteiger partial charge in [0.25, 0.3) is 5.91 Å². The Morgan fingerprint density at radius 1 is 1.19 bits per heavy atom. The topological polar surface area (TPSA) is 90.0 Å². The Hall–Kier alpha value is -2.93. The molecular formula is C19H17BrN4O2. The highest BCUT2D eigenvalue weighted by atomic mass is 79.9. The molecular weight excluding hydrogens is 396 g/mol. The molecule has 0 aliphatic rings. The molecule has 3 rings (SSSR count). The van der Waals surface area contributed by atoms with Crippen molar-refractivity contribution in [2.24, 2.45) is 5.73 Å². The Kier molecular flexibility index (Phi) is 5.18. The summed E-state index contributed by atoms with van der Waals surface area (Å²) in [6.07, 6.45) is 1.50. The standard InChI is InChI=1S/C19H17BrN4O2/c1-12-9-14(7-8-16(12)20)22-17(25)11-24-10-15(19(21)26)18(23-24)13-5-3-2-4-6-13/h2-10H,11H2,1H3,(H2,21,26)(H,22,25). The molecule has 0 aliphatic heterocycles. The molecule has 0 saturated heterocycles. The first kappa shape index (κ1) is 17.9. The van der Waals surface area contributed by atoms with E-state index in [1.54, 1.807) is 0 Å². The number of nitrogens with zero attached hydrogens (tertiary/aromatic N) is 2. The van der Waals surface area contributed by atoms with Crippen molar-refractivity contribution in [3.05, 3.63) is 70.3 Å². The first-order valence-corrected chi connectivity index (χ1v) is 8.72. The third-order valence-corrected chi connectivity index (χ3v) is 4.71. The van der Waals surface area contributed by atoms with Gasteiger partial charge in [0, 0.05) is 21.9 Å². The van der Waals surface area contributed by atoms with Crippen LogP contribution in [-0.4, -0.2) is 21.6 Å². The summed E-state index contributed by atoms with van der Waals surface area (Å²) in [6, 6.07) is 14.8. The van der Waals surface area contributed by atoms with Crippen LogP contribution >= 0.6 is 15.9 Å². The molecule has 2 aromatic carbocycles. The molecule has 0 saturated carbocycles. The van der Waals surface area contributed by atoms with Gasteiger partial charge in [0.2, 0.25) is 5.91 Å². The number of primary amides is 1. The van der Waals surface area contributed by atoms with Gasteiger partial charge in [0.1, 0.15) is 12.2 Å². The van der Waals surface area contributed by atoms with Crippen molar-refractivity contribution in [1.29, 1.82) is 0 Å². The molecule has 7 heteroatoms. The lowest BCUT2D eigenvalue weighted by atomic mass is 10.1. The Morgan fingerprint density at radius 2 is 1.92 bits per heavy atom. The minimum Gasteiger partial charge on any atom is -0.365 e. The quantitative estimate of drug-likeness (QED) is 0.672. The summed E-state index contributed by atoms with van der Waals surface area (Å²) >= 11 is 3.43. The molecule has 0 unspecified atom stereocenters. The van der Waals surface area contributed by atoms with Crippen LogP contribution in [0.3, 0.4) is 0 Å². The lowest BCUT2D eigenvalue weighted by molar-refractivity contribution is -0.116. The molecule has 3 aromatic rings. The molecule has 3 N–H and O–H groups in total. The number of carbonyl (C=O) groups excluding carboxylic acids is 2. The van der Waals surface area contributed by atoms with Crippen LogP contribution in [0.25, 0.3) is 11.3 Å². The van der Waals surface area contributed by atoms with Crippen molar-refractivity contribution in [3.8, 4) is 11.3 Å². The van der Waals surface area contributed by atoms with E-state index in [2.05, 4.69) is 26.3 Å². The van der Waals surface area contributed by atoms with Gasteiger partial charge in [-0.25, -0.2) is 0 Å². The first-order valence-electron chi connectivity index (χ1n) is 7.92. The van der Waals surface area contributed by atoms with Gasteiger partial charge >= 0.3 is 0 Å². The van der Waals surface area contributed by atoms with Crippen LogP contribution in [0.4, 0.5) is 5.69 Å². The molecule has 6 nitrogen and oxygen atoms in total. The Morgan fingerprint density at radius 3 is 2.58 bits per heavy atom. The minimum atomic E-state index is -0.584. The predicted octanol–water partition coefficient (Wildman–Crippen LogP) is 3.36. The largest absolute Gasteiger partial charge is 0.365 e. The molecule has 0 aliphatic carbocycles. The van der Waals surface area contributed by atoms with Gasteiger partial charge in [0.05, 0.1) is 5.56 Å². The number of nitrogens with one attached hydrogen (secondary N) is 1.